The number of rotatable bonds is 5. The lowest BCUT2D eigenvalue weighted by Crippen LogP contribution is -2.58. The fraction of sp³-hybridized carbons (Fsp3) is 0.381. The summed E-state index contributed by atoms with van der Waals surface area (Å²) in [6.45, 7) is 6.16. The zero-order valence-corrected chi connectivity index (χ0v) is 24.7. The Morgan fingerprint density at radius 1 is 0.935 bits per heavy atom. The van der Waals surface area contributed by atoms with Gasteiger partial charge in [-0.05, 0) is 111 Å². The first-order valence-electron chi connectivity index (χ1n) is 9.52. The highest BCUT2D eigenvalue weighted by molar-refractivity contribution is 9.15. The first kappa shape index (κ1) is 25.6. The van der Waals surface area contributed by atoms with Crippen LogP contribution in [0, 0.1) is 5.82 Å². The quantitative estimate of drug-likeness (QED) is 0.241. The van der Waals surface area contributed by atoms with Gasteiger partial charge in [-0.3, -0.25) is 9.69 Å². The van der Waals surface area contributed by atoms with E-state index in [1.165, 1.54) is 12.1 Å². The third kappa shape index (κ3) is 5.93. The number of hydrogen-bond acceptors (Lipinski definition) is 3. The van der Waals surface area contributed by atoms with Crippen LogP contribution < -0.4 is 4.74 Å². The van der Waals surface area contributed by atoms with Gasteiger partial charge in [0.25, 0.3) is 5.91 Å². The van der Waals surface area contributed by atoms with Gasteiger partial charge in [0.15, 0.2) is 12.4 Å². The molecule has 1 fully saturated rings. The number of nitrogens with zero attached hydrogens (tertiary/aromatic N) is 2. The van der Waals surface area contributed by atoms with Crippen LogP contribution in [-0.2, 0) is 11.3 Å². The van der Waals surface area contributed by atoms with Gasteiger partial charge >= 0.3 is 0 Å². The van der Waals surface area contributed by atoms with Crippen LogP contribution in [0.3, 0.4) is 0 Å². The predicted molar refractivity (Wildman–Crippen MR) is 138 cm³/mol. The minimum absolute atomic E-state index is 0.0445. The number of carbonyl (C=O) groups excluding carboxylic acids is 1. The lowest BCUT2D eigenvalue weighted by Gasteiger charge is -2.44. The molecule has 0 bridgehead atoms. The molecule has 4 nitrogen and oxygen atoms in total. The Morgan fingerprint density at radius 2 is 1.48 bits per heavy atom. The summed E-state index contributed by atoms with van der Waals surface area (Å²) in [5.41, 5.74) is 1.06. The number of ether oxygens (including phenoxy) is 1. The average Bonchev–Trinajstić information content (AvgIpc) is 2.74. The summed E-state index contributed by atoms with van der Waals surface area (Å²) in [5, 5.41) is 0. The molecule has 1 aliphatic heterocycles. The summed E-state index contributed by atoms with van der Waals surface area (Å²) >= 11 is 17.6. The molecular formula is C21H20Br5FN2O2. The molecular weight excluding hydrogens is 731 g/mol. The Morgan fingerprint density at radius 3 is 2.06 bits per heavy atom. The zero-order valence-electron chi connectivity index (χ0n) is 16.8. The van der Waals surface area contributed by atoms with Crippen molar-refractivity contribution in [2.45, 2.75) is 32.5 Å². The maximum absolute atomic E-state index is 13.2. The van der Waals surface area contributed by atoms with Gasteiger partial charge in [-0.2, -0.15) is 0 Å². The van der Waals surface area contributed by atoms with E-state index in [1.807, 2.05) is 24.0 Å². The second kappa shape index (κ2) is 11.0. The van der Waals surface area contributed by atoms with Gasteiger partial charge in [-0.1, -0.05) is 12.1 Å². The van der Waals surface area contributed by atoms with Crippen molar-refractivity contribution >= 4 is 85.6 Å². The smallest absolute Gasteiger partial charge is 0.260 e. The number of hydrogen-bond donors (Lipinski definition) is 0. The molecule has 3 rings (SSSR count). The second-order valence-corrected chi connectivity index (χ2v) is 11.5. The van der Waals surface area contributed by atoms with Crippen molar-refractivity contribution in [2.24, 2.45) is 0 Å². The Hall–Kier alpha value is -0.000000000000000167. The normalized spacial score (nSPS) is 19.5. The molecule has 2 aromatic rings. The van der Waals surface area contributed by atoms with Crippen LogP contribution in [0.2, 0.25) is 0 Å². The first-order valence-corrected chi connectivity index (χ1v) is 13.5. The minimum Gasteiger partial charge on any atom is -0.481 e. The third-order valence-electron chi connectivity index (χ3n) is 5.24. The van der Waals surface area contributed by atoms with Crippen molar-refractivity contribution in [1.29, 1.82) is 0 Å². The molecule has 0 spiro atoms. The highest BCUT2D eigenvalue weighted by Gasteiger charge is 2.32. The van der Waals surface area contributed by atoms with Crippen LogP contribution in [0.5, 0.6) is 5.75 Å². The third-order valence-corrected chi connectivity index (χ3v) is 11.3. The van der Waals surface area contributed by atoms with E-state index in [9.17, 15) is 9.18 Å². The number of benzene rings is 2. The molecule has 2 unspecified atom stereocenters. The van der Waals surface area contributed by atoms with E-state index in [1.54, 1.807) is 0 Å². The van der Waals surface area contributed by atoms with Gasteiger partial charge in [0, 0.05) is 36.2 Å². The fourth-order valence-corrected chi connectivity index (χ4v) is 6.76. The summed E-state index contributed by atoms with van der Waals surface area (Å²) in [6.07, 6.45) is 0. The van der Waals surface area contributed by atoms with Gasteiger partial charge in [0.1, 0.15) is 5.82 Å². The van der Waals surface area contributed by atoms with Gasteiger partial charge in [-0.25, -0.2) is 4.39 Å². The summed E-state index contributed by atoms with van der Waals surface area (Å²) < 4.78 is 22.9. The molecule has 1 heterocycles. The van der Waals surface area contributed by atoms with E-state index >= 15 is 0 Å². The van der Waals surface area contributed by atoms with Crippen LogP contribution in [0.15, 0.2) is 46.6 Å². The van der Waals surface area contributed by atoms with Crippen LogP contribution >= 0.6 is 79.6 Å². The van der Waals surface area contributed by atoms with Crippen molar-refractivity contribution in [2.75, 3.05) is 19.7 Å². The van der Waals surface area contributed by atoms with Gasteiger partial charge in [0.2, 0.25) is 0 Å². The van der Waals surface area contributed by atoms with Crippen molar-refractivity contribution in [3.05, 3.63) is 58.0 Å². The molecule has 168 valence electrons. The predicted octanol–water partition coefficient (Wildman–Crippen LogP) is 7.14. The summed E-state index contributed by atoms with van der Waals surface area (Å²) in [5.74, 6) is 0.254. The van der Waals surface area contributed by atoms with Crippen molar-refractivity contribution in [3.8, 4) is 5.75 Å². The SMILES string of the molecule is CC1CN(C(=O)COc2c(Br)c(Br)c(Br)c(Br)c2Br)C(C)CN1Cc1ccc(F)cc1. The summed E-state index contributed by atoms with van der Waals surface area (Å²) in [4.78, 5) is 17.2. The highest BCUT2D eigenvalue weighted by Crippen LogP contribution is 2.48. The topological polar surface area (TPSA) is 32.8 Å². The second-order valence-electron chi connectivity index (χ2n) is 7.49. The van der Waals surface area contributed by atoms with Crippen molar-refractivity contribution in [1.82, 2.24) is 9.80 Å². The van der Waals surface area contributed by atoms with E-state index in [2.05, 4.69) is 91.5 Å². The van der Waals surface area contributed by atoms with Crippen molar-refractivity contribution in [3.63, 3.8) is 0 Å². The Kier molecular flexibility index (Phi) is 9.05. The maximum Gasteiger partial charge on any atom is 0.260 e. The minimum atomic E-state index is -0.233. The largest absolute Gasteiger partial charge is 0.481 e. The Bertz CT molecular complexity index is 944. The van der Waals surface area contributed by atoms with Crippen molar-refractivity contribution < 1.29 is 13.9 Å². The number of carbonyl (C=O) groups is 1. The number of amides is 1. The molecule has 0 saturated carbocycles. The van der Waals surface area contributed by atoms with E-state index < -0.39 is 0 Å². The van der Waals surface area contributed by atoms with Crippen LogP contribution in [0.4, 0.5) is 4.39 Å². The molecule has 2 aromatic carbocycles. The molecule has 0 radical (unpaired) electrons. The molecule has 0 aliphatic carbocycles. The molecule has 1 saturated heterocycles. The van der Waals surface area contributed by atoms with Crippen LogP contribution in [-0.4, -0.2) is 47.5 Å². The Balaban J connectivity index is 1.64. The Labute approximate surface area is 223 Å². The zero-order chi connectivity index (χ0) is 22.9. The number of piperazine rings is 1. The number of halogens is 6. The van der Waals surface area contributed by atoms with Crippen LogP contribution in [0.25, 0.3) is 0 Å². The van der Waals surface area contributed by atoms with E-state index in [4.69, 9.17) is 4.74 Å². The van der Waals surface area contributed by atoms with Gasteiger partial charge < -0.3 is 9.64 Å². The first-order chi connectivity index (χ1) is 14.6. The lowest BCUT2D eigenvalue weighted by atomic mass is 10.1. The molecule has 0 aromatic heterocycles. The molecule has 1 aliphatic rings. The van der Waals surface area contributed by atoms with Crippen LogP contribution in [0.1, 0.15) is 19.4 Å². The van der Waals surface area contributed by atoms with E-state index in [0.717, 1.165) is 32.1 Å². The highest BCUT2D eigenvalue weighted by atomic mass is 79.9. The van der Waals surface area contributed by atoms with Gasteiger partial charge in [-0.15, -0.1) is 0 Å². The summed E-state index contributed by atoms with van der Waals surface area (Å²) in [7, 11) is 0. The molecule has 2 atom stereocenters. The molecule has 0 N–H and O–H groups in total. The molecule has 1 amide bonds. The molecule has 31 heavy (non-hydrogen) atoms. The fourth-order valence-electron chi connectivity index (χ4n) is 3.52. The lowest BCUT2D eigenvalue weighted by molar-refractivity contribution is -0.139. The standard InChI is InChI=1S/C21H20Br5FN2O2/c1-11-8-29(12(2)7-28(11)9-13-3-5-14(27)6-4-13)15(30)10-31-21-19(25)17(23)16(22)18(24)20(21)26/h3-6,11-12H,7-10H2,1-2H3. The van der Waals surface area contributed by atoms with E-state index in [0.29, 0.717) is 21.2 Å². The average molecular weight is 751 g/mol. The molecule has 10 heteroatoms. The van der Waals surface area contributed by atoms with Gasteiger partial charge in [0.05, 0.1) is 17.9 Å². The maximum atomic E-state index is 13.2. The summed E-state index contributed by atoms with van der Waals surface area (Å²) in [6, 6.07) is 6.80. The monoisotopic (exact) mass is 746 g/mol. The van der Waals surface area contributed by atoms with E-state index in [-0.39, 0.29) is 30.4 Å².